The van der Waals surface area contributed by atoms with Gasteiger partial charge in [0.25, 0.3) is 0 Å². The minimum Gasteiger partial charge on any atom is -0.394 e. The van der Waals surface area contributed by atoms with E-state index < -0.39 is 37.3 Å². The zero-order valence-corrected chi connectivity index (χ0v) is 16.6. The third-order valence-corrected chi connectivity index (χ3v) is 5.61. The summed E-state index contributed by atoms with van der Waals surface area (Å²) in [6.45, 7) is 1.82. The molecule has 0 spiro atoms. The molecule has 2 aliphatic heterocycles. The molecule has 30 heavy (non-hydrogen) atoms. The second kappa shape index (κ2) is 9.30. The number of rotatable bonds is 7. The Balaban J connectivity index is 1.37. The first-order valence-electron chi connectivity index (χ1n) is 10.1. The van der Waals surface area contributed by atoms with Crippen LogP contribution in [0.4, 0.5) is 11.4 Å². The van der Waals surface area contributed by atoms with E-state index in [1.165, 1.54) is 5.56 Å². The zero-order valence-electron chi connectivity index (χ0n) is 16.6. The summed E-state index contributed by atoms with van der Waals surface area (Å²) in [6.07, 6.45) is -6.29. The van der Waals surface area contributed by atoms with Crippen LogP contribution in [0, 0.1) is 0 Å². The van der Waals surface area contributed by atoms with Gasteiger partial charge in [-0.3, -0.25) is 0 Å². The topological polar surface area (TPSA) is 106 Å². The van der Waals surface area contributed by atoms with Gasteiger partial charge in [-0.1, -0.05) is 42.5 Å². The predicted molar refractivity (Wildman–Crippen MR) is 111 cm³/mol. The number of aliphatic hydroxyl groups excluding tert-OH is 4. The zero-order chi connectivity index (χ0) is 21.1. The van der Waals surface area contributed by atoms with Crippen LogP contribution in [-0.4, -0.2) is 77.6 Å². The molecule has 162 valence electrons. The van der Waals surface area contributed by atoms with Gasteiger partial charge in [0, 0.05) is 13.1 Å². The molecule has 0 saturated carbocycles. The van der Waals surface area contributed by atoms with Crippen molar-refractivity contribution in [2.24, 2.45) is 0 Å². The minimum atomic E-state index is -1.44. The van der Waals surface area contributed by atoms with Gasteiger partial charge in [-0.25, -0.2) is 0 Å². The number of anilines is 2. The molecule has 2 heterocycles. The second-order valence-corrected chi connectivity index (χ2v) is 7.65. The lowest BCUT2D eigenvalue weighted by Gasteiger charge is -2.39. The number of benzene rings is 2. The van der Waals surface area contributed by atoms with Gasteiger partial charge in [0.05, 0.1) is 31.3 Å². The monoisotopic (exact) mass is 416 g/mol. The quantitative estimate of drug-likeness (QED) is 0.510. The van der Waals surface area contributed by atoms with Crippen molar-refractivity contribution in [2.45, 2.75) is 37.3 Å². The van der Waals surface area contributed by atoms with Gasteiger partial charge >= 0.3 is 0 Å². The van der Waals surface area contributed by atoms with Crippen LogP contribution in [-0.2, 0) is 16.0 Å². The average Bonchev–Trinajstić information content (AvgIpc) is 3.12. The van der Waals surface area contributed by atoms with E-state index in [0.29, 0.717) is 13.2 Å². The molecule has 5 atom stereocenters. The van der Waals surface area contributed by atoms with Gasteiger partial charge in [-0.05, 0) is 17.7 Å². The summed E-state index contributed by atoms with van der Waals surface area (Å²) < 4.78 is 11.1. The van der Waals surface area contributed by atoms with E-state index in [0.717, 1.165) is 17.9 Å². The predicted octanol–water partition coefficient (Wildman–Crippen LogP) is 0.287. The smallest absolute Gasteiger partial charge is 0.186 e. The van der Waals surface area contributed by atoms with Crippen LogP contribution < -0.4 is 9.80 Å². The van der Waals surface area contributed by atoms with Crippen molar-refractivity contribution in [3.8, 4) is 0 Å². The molecule has 8 heteroatoms. The van der Waals surface area contributed by atoms with E-state index >= 15 is 0 Å². The first-order chi connectivity index (χ1) is 14.6. The highest BCUT2D eigenvalue weighted by Crippen LogP contribution is 2.36. The first-order valence-corrected chi connectivity index (χ1v) is 10.1. The average molecular weight is 416 g/mol. The summed E-state index contributed by atoms with van der Waals surface area (Å²) in [6, 6.07) is 18.4. The van der Waals surface area contributed by atoms with E-state index in [9.17, 15) is 20.4 Å². The lowest BCUT2D eigenvalue weighted by Crippen LogP contribution is -2.59. The van der Waals surface area contributed by atoms with Gasteiger partial charge in [0.15, 0.2) is 6.29 Å². The number of nitrogens with zero attached hydrogens (tertiary/aromatic N) is 2. The second-order valence-electron chi connectivity index (χ2n) is 7.65. The standard InChI is InChI=1S/C22H28N2O6/c25-13-18-19(26)20(27)21(28)22(30-18)29-11-10-23-14-24(12-15-6-2-1-3-7-15)17-9-5-4-8-16(17)23/h1-9,18-22,25-28H,10-14H2/t18-,19-,20+,21-,22-/m1/s1. The van der Waals surface area contributed by atoms with E-state index in [1.54, 1.807) is 0 Å². The fourth-order valence-corrected chi connectivity index (χ4v) is 3.97. The van der Waals surface area contributed by atoms with Crippen molar-refractivity contribution in [3.05, 3.63) is 60.2 Å². The molecule has 0 radical (unpaired) electrons. The number of hydrogen-bond donors (Lipinski definition) is 4. The third-order valence-electron chi connectivity index (χ3n) is 5.61. The van der Waals surface area contributed by atoms with Crippen LogP contribution in [0.2, 0.25) is 0 Å². The van der Waals surface area contributed by atoms with E-state index in [1.807, 2.05) is 30.3 Å². The summed E-state index contributed by atoms with van der Waals surface area (Å²) in [5.74, 6) is 0. The lowest BCUT2D eigenvalue weighted by molar-refractivity contribution is -0.300. The highest BCUT2D eigenvalue weighted by Gasteiger charge is 2.44. The van der Waals surface area contributed by atoms with Crippen molar-refractivity contribution in [2.75, 3.05) is 36.2 Å². The van der Waals surface area contributed by atoms with Crippen LogP contribution in [0.3, 0.4) is 0 Å². The molecule has 2 aliphatic rings. The van der Waals surface area contributed by atoms with Crippen molar-refractivity contribution in [1.29, 1.82) is 0 Å². The molecular formula is C22H28N2O6. The molecule has 4 rings (SSSR count). The molecule has 2 aromatic rings. The van der Waals surface area contributed by atoms with Crippen molar-refractivity contribution in [1.82, 2.24) is 0 Å². The molecule has 1 saturated heterocycles. The Bertz CT molecular complexity index is 820. The summed E-state index contributed by atoms with van der Waals surface area (Å²) in [5, 5.41) is 39.2. The normalized spacial score (nSPS) is 28.6. The summed E-state index contributed by atoms with van der Waals surface area (Å²) in [4.78, 5) is 4.47. The van der Waals surface area contributed by atoms with Crippen LogP contribution in [0.15, 0.2) is 54.6 Å². The Hall–Kier alpha value is -2.20. The van der Waals surface area contributed by atoms with Crippen molar-refractivity contribution < 1.29 is 29.9 Å². The van der Waals surface area contributed by atoms with Crippen molar-refractivity contribution >= 4 is 11.4 Å². The SMILES string of the molecule is OC[C@H]1O[C@@H](OCCN2CN(Cc3ccccc3)c3ccccc32)[C@H](O)[C@@H](O)[C@@H]1O. The third kappa shape index (κ3) is 4.29. The number of ether oxygens (including phenoxy) is 2. The Kier molecular flexibility index (Phi) is 6.52. The summed E-state index contributed by atoms with van der Waals surface area (Å²) in [7, 11) is 0. The van der Waals surface area contributed by atoms with Gasteiger partial charge in [0.1, 0.15) is 24.4 Å². The summed E-state index contributed by atoms with van der Waals surface area (Å²) >= 11 is 0. The maximum absolute atomic E-state index is 10.1. The molecule has 0 bridgehead atoms. The molecule has 4 N–H and O–H groups in total. The number of fused-ring (bicyclic) bond motifs is 1. The Labute approximate surface area is 175 Å². The van der Waals surface area contributed by atoms with Gasteiger partial charge < -0.3 is 39.7 Å². The van der Waals surface area contributed by atoms with Gasteiger partial charge in [0.2, 0.25) is 0 Å². The molecule has 0 aromatic heterocycles. The highest BCUT2D eigenvalue weighted by molar-refractivity contribution is 5.76. The fourth-order valence-electron chi connectivity index (χ4n) is 3.97. The number of hydrogen-bond acceptors (Lipinski definition) is 8. The van der Waals surface area contributed by atoms with E-state index in [-0.39, 0.29) is 6.61 Å². The molecule has 8 nitrogen and oxygen atoms in total. The highest BCUT2D eigenvalue weighted by atomic mass is 16.7. The maximum Gasteiger partial charge on any atom is 0.186 e. The van der Waals surface area contributed by atoms with Crippen LogP contribution in [0.5, 0.6) is 0 Å². The van der Waals surface area contributed by atoms with E-state index in [4.69, 9.17) is 9.47 Å². The number of para-hydroxylation sites is 2. The minimum absolute atomic E-state index is 0.246. The number of aliphatic hydroxyl groups is 4. The molecule has 0 amide bonds. The Morgan fingerprint density at radius 1 is 0.867 bits per heavy atom. The van der Waals surface area contributed by atoms with Crippen molar-refractivity contribution in [3.63, 3.8) is 0 Å². The summed E-state index contributed by atoms with van der Waals surface area (Å²) in [5.41, 5.74) is 3.48. The van der Waals surface area contributed by atoms with Gasteiger partial charge in [-0.2, -0.15) is 0 Å². The fraction of sp³-hybridized carbons (Fsp3) is 0.455. The molecule has 2 aromatic carbocycles. The van der Waals surface area contributed by atoms with Crippen LogP contribution >= 0.6 is 0 Å². The van der Waals surface area contributed by atoms with Crippen LogP contribution in [0.1, 0.15) is 5.56 Å². The molecule has 1 fully saturated rings. The Morgan fingerprint density at radius 2 is 1.53 bits per heavy atom. The Morgan fingerprint density at radius 3 is 2.23 bits per heavy atom. The largest absolute Gasteiger partial charge is 0.394 e. The molecular weight excluding hydrogens is 388 g/mol. The van der Waals surface area contributed by atoms with Crippen LogP contribution in [0.25, 0.3) is 0 Å². The maximum atomic E-state index is 10.1. The van der Waals surface area contributed by atoms with E-state index in [2.05, 4.69) is 34.1 Å². The lowest BCUT2D eigenvalue weighted by atomic mass is 9.99. The molecule has 0 aliphatic carbocycles. The first kappa shape index (κ1) is 21.0. The van der Waals surface area contributed by atoms with Gasteiger partial charge in [-0.15, -0.1) is 0 Å². The molecule has 0 unspecified atom stereocenters.